The molecule has 0 saturated heterocycles. The lowest BCUT2D eigenvalue weighted by Crippen LogP contribution is -2.14. The van der Waals surface area contributed by atoms with Crippen molar-refractivity contribution in [2.75, 3.05) is 15.8 Å². The molecular weight excluding hydrogens is 338 g/mol. The van der Waals surface area contributed by atoms with Gasteiger partial charge in [-0.05, 0) is 49.4 Å². The van der Waals surface area contributed by atoms with Crippen LogP contribution < -0.4 is 10.0 Å². The molecule has 0 amide bonds. The highest BCUT2D eigenvalue weighted by Gasteiger charge is 2.07. The molecule has 3 aromatic rings. The van der Waals surface area contributed by atoms with E-state index >= 15 is 0 Å². The summed E-state index contributed by atoms with van der Waals surface area (Å²) in [5.74, 6) is 1.18. The lowest BCUT2D eigenvalue weighted by atomic mass is 10.3. The third kappa shape index (κ3) is 4.51. The van der Waals surface area contributed by atoms with Gasteiger partial charge < -0.3 is 5.32 Å². The molecule has 0 radical (unpaired) electrons. The van der Waals surface area contributed by atoms with Crippen molar-refractivity contribution in [2.45, 2.75) is 6.92 Å². The zero-order valence-electron chi connectivity index (χ0n) is 13.5. The molecule has 1 aromatic carbocycles. The second kappa shape index (κ2) is 7.27. The minimum atomic E-state index is -3.28. The van der Waals surface area contributed by atoms with Gasteiger partial charge in [0.2, 0.25) is 10.0 Å². The average molecular weight is 355 g/mol. The summed E-state index contributed by atoms with van der Waals surface area (Å²) in [7, 11) is -3.28. The highest BCUT2D eigenvalue weighted by atomic mass is 32.2. The Morgan fingerprint density at radius 1 is 0.920 bits per heavy atom. The number of pyridine rings is 1. The molecule has 0 aliphatic heterocycles. The number of nitrogens with one attached hydrogen (secondary N) is 2. The summed E-state index contributed by atoms with van der Waals surface area (Å²) >= 11 is 0. The van der Waals surface area contributed by atoms with Crippen LogP contribution in [0.2, 0.25) is 0 Å². The van der Waals surface area contributed by atoms with Gasteiger partial charge in [0.25, 0.3) is 0 Å². The van der Waals surface area contributed by atoms with Gasteiger partial charge in [0.15, 0.2) is 5.82 Å². The lowest BCUT2D eigenvalue weighted by Gasteiger charge is -2.09. The average Bonchev–Trinajstić information content (AvgIpc) is 2.64. The summed E-state index contributed by atoms with van der Waals surface area (Å²) in [5.41, 5.74) is 1.99. The summed E-state index contributed by atoms with van der Waals surface area (Å²) in [6, 6.07) is 14.2. The summed E-state index contributed by atoms with van der Waals surface area (Å²) in [6.07, 6.45) is 3.35. The molecule has 128 valence electrons. The van der Waals surface area contributed by atoms with Crippen LogP contribution in [-0.4, -0.2) is 29.1 Å². The highest BCUT2D eigenvalue weighted by molar-refractivity contribution is 7.92. The third-order valence-corrected chi connectivity index (χ3v) is 4.67. The van der Waals surface area contributed by atoms with E-state index in [-0.39, 0.29) is 5.75 Å². The van der Waals surface area contributed by atoms with Crippen LogP contribution in [0.1, 0.15) is 6.92 Å². The van der Waals surface area contributed by atoms with Crippen molar-refractivity contribution in [3.63, 3.8) is 0 Å². The Labute approximate surface area is 146 Å². The first-order valence-corrected chi connectivity index (χ1v) is 9.33. The number of benzene rings is 1. The van der Waals surface area contributed by atoms with Crippen LogP contribution >= 0.6 is 0 Å². The third-order valence-electron chi connectivity index (χ3n) is 3.36. The first kappa shape index (κ1) is 16.8. The molecule has 7 nitrogen and oxygen atoms in total. The van der Waals surface area contributed by atoms with Crippen molar-refractivity contribution < 1.29 is 8.42 Å². The van der Waals surface area contributed by atoms with Crippen LogP contribution in [0, 0.1) is 0 Å². The minimum absolute atomic E-state index is 0.0320. The minimum Gasteiger partial charge on any atom is -0.340 e. The van der Waals surface area contributed by atoms with E-state index in [0.29, 0.717) is 23.0 Å². The molecule has 0 bridgehead atoms. The molecule has 2 heterocycles. The first-order valence-electron chi connectivity index (χ1n) is 7.68. The zero-order chi connectivity index (χ0) is 17.7. The number of hydrogen-bond acceptors (Lipinski definition) is 6. The molecule has 0 aliphatic rings. The van der Waals surface area contributed by atoms with Gasteiger partial charge in [-0.15, -0.1) is 0 Å². The number of nitrogens with zero attached hydrogens (tertiary/aromatic N) is 3. The number of sulfonamides is 1. The molecule has 8 heteroatoms. The fourth-order valence-electron chi connectivity index (χ4n) is 2.07. The normalized spacial score (nSPS) is 11.1. The molecule has 0 unspecified atom stereocenters. The topological polar surface area (TPSA) is 96.9 Å². The van der Waals surface area contributed by atoms with Gasteiger partial charge in [-0.25, -0.2) is 18.4 Å². The summed E-state index contributed by atoms with van der Waals surface area (Å²) in [6.45, 7) is 1.59. The van der Waals surface area contributed by atoms with E-state index in [1.165, 1.54) is 0 Å². The van der Waals surface area contributed by atoms with Crippen molar-refractivity contribution in [1.29, 1.82) is 0 Å². The monoisotopic (exact) mass is 355 g/mol. The van der Waals surface area contributed by atoms with Gasteiger partial charge in [-0.3, -0.25) is 9.71 Å². The lowest BCUT2D eigenvalue weighted by molar-refractivity contribution is 0.602. The van der Waals surface area contributed by atoms with E-state index in [4.69, 9.17) is 0 Å². The van der Waals surface area contributed by atoms with Crippen LogP contribution in [0.3, 0.4) is 0 Å². The molecule has 3 rings (SSSR count). The SMILES string of the molecule is CCS(=O)(=O)Nc1ccc(Nc2ccnc(-c3ccccn3)n2)cc1. The Morgan fingerprint density at radius 3 is 2.36 bits per heavy atom. The maximum atomic E-state index is 11.6. The standard InChI is InChI=1S/C17H17N5O2S/c1-2-25(23,24)22-14-8-6-13(7-9-14)20-16-10-12-19-17(21-16)15-5-3-4-11-18-15/h3-12,22H,2H2,1H3,(H,19,20,21). The Kier molecular flexibility index (Phi) is 4.90. The molecule has 25 heavy (non-hydrogen) atoms. The molecule has 0 spiro atoms. The highest BCUT2D eigenvalue weighted by Crippen LogP contribution is 2.20. The molecule has 0 aliphatic carbocycles. The molecular formula is C17H17N5O2S. The van der Waals surface area contributed by atoms with Crippen LogP contribution in [0.15, 0.2) is 60.9 Å². The van der Waals surface area contributed by atoms with Gasteiger partial charge >= 0.3 is 0 Å². The predicted octanol–water partition coefficient (Wildman–Crippen LogP) is 3.04. The molecule has 0 saturated carbocycles. The summed E-state index contributed by atoms with van der Waals surface area (Å²) in [4.78, 5) is 12.9. The van der Waals surface area contributed by atoms with E-state index in [1.54, 1.807) is 49.6 Å². The van der Waals surface area contributed by atoms with Crippen molar-refractivity contribution in [3.8, 4) is 11.5 Å². The maximum Gasteiger partial charge on any atom is 0.232 e. The molecule has 2 N–H and O–H groups in total. The van der Waals surface area contributed by atoms with Gasteiger partial charge in [0, 0.05) is 23.8 Å². The number of aromatic nitrogens is 3. The molecule has 2 aromatic heterocycles. The van der Waals surface area contributed by atoms with E-state index in [1.807, 2.05) is 18.2 Å². The number of hydrogen-bond donors (Lipinski definition) is 2. The van der Waals surface area contributed by atoms with Crippen LogP contribution in [-0.2, 0) is 10.0 Å². The second-order valence-electron chi connectivity index (χ2n) is 5.19. The van der Waals surface area contributed by atoms with Gasteiger partial charge in [-0.2, -0.15) is 0 Å². The van der Waals surface area contributed by atoms with E-state index in [0.717, 1.165) is 5.69 Å². The predicted molar refractivity (Wildman–Crippen MR) is 98.1 cm³/mol. The Balaban J connectivity index is 1.75. The Bertz CT molecular complexity index is 944. The fraction of sp³-hybridized carbons (Fsp3) is 0.118. The smallest absolute Gasteiger partial charge is 0.232 e. The van der Waals surface area contributed by atoms with Crippen molar-refractivity contribution in [3.05, 3.63) is 60.9 Å². The Hall–Kier alpha value is -3.00. The van der Waals surface area contributed by atoms with Crippen molar-refractivity contribution in [2.24, 2.45) is 0 Å². The number of rotatable bonds is 6. The summed E-state index contributed by atoms with van der Waals surface area (Å²) in [5, 5.41) is 3.16. The van der Waals surface area contributed by atoms with E-state index in [9.17, 15) is 8.42 Å². The van der Waals surface area contributed by atoms with Crippen LogP contribution in [0.4, 0.5) is 17.2 Å². The van der Waals surface area contributed by atoms with Gasteiger partial charge in [0.05, 0.1) is 5.75 Å². The second-order valence-corrected chi connectivity index (χ2v) is 7.20. The molecule has 0 atom stereocenters. The fourth-order valence-corrected chi connectivity index (χ4v) is 2.71. The van der Waals surface area contributed by atoms with Crippen LogP contribution in [0.5, 0.6) is 0 Å². The molecule has 0 fully saturated rings. The first-order chi connectivity index (χ1) is 12.1. The van der Waals surface area contributed by atoms with Crippen molar-refractivity contribution >= 4 is 27.2 Å². The quantitative estimate of drug-likeness (QED) is 0.705. The van der Waals surface area contributed by atoms with Crippen LogP contribution in [0.25, 0.3) is 11.5 Å². The zero-order valence-corrected chi connectivity index (χ0v) is 14.4. The largest absolute Gasteiger partial charge is 0.340 e. The number of anilines is 3. The maximum absolute atomic E-state index is 11.6. The Morgan fingerprint density at radius 2 is 1.68 bits per heavy atom. The van der Waals surface area contributed by atoms with Gasteiger partial charge in [-0.1, -0.05) is 6.07 Å². The van der Waals surface area contributed by atoms with E-state index in [2.05, 4.69) is 25.0 Å². The summed E-state index contributed by atoms with van der Waals surface area (Å²) < 4.78 is 25.6. The van der Waals surface area contributed by atoms with E-state index < -0.39 is 10.0 Å². The van der Waals surface area contributed by atoms with Gasteiger partial charge in [0.1, 0.15) is 11.5 Å². The van der Waals surface area contributed by atoms with Crippen molar-refractivity contribution in [1.82, 2.24) is 15.0 Å².